The van der Waals surface area contributed by atoms with Crippen molar-refractivity contribution in [3.63, 3.8) is 0 Å². The summed E-state index contributed by atoms with van der Waals surface area (Å²) in [7, 11) is 1.75. The number of hydrogen-bond donors (Lipinski definition) is 0. The molecule has 5 heteroatoms. The Morgan fingerprint density at radius 3 is 3.10 bits per heavy atom. The van der Waals surface area contributed by atoms with Crippen LogP contribution in [0.15, 0.2) is 22.8 Å². The number of piperidine rings is 1. The Bertz CT molecular complexity index is 446. The van der Waals surface area contributed by atoms with E-state index in [9.17, 15) is 4.79 Å². The summed E-state index contributed by atoms with van der Waals surface area (Å²) in [6, 6.07) is 4.13. The highest BCUT2D eigenvalue weighted by molar-refractivity contribution is 5.91. The molecule has 2 saturated heterocycles. The first-order valence-corrected chi connectivity index (χ1v) is 7.35. The normalized spacial score (nSPS) is 26.8. The summed E-state index contributed by atoms with van der Waals surface area (Å²) < 4.78 is 10.4. The molecule has 0 aromatic carbocycles. The van der Waals surface area contributed by atoms with E-state index in [-0.39, 0.29) is 5.91 Å². The molecule has 0 N–H and O–H groups in total. The fourth-order valence-electron chi connectivity index (χ4n) is 3.51. The third-order valence-electron chi connectivity index (χ3n) is 4.55. The predicted molar refractivity (Wildman–Crippen MR) is 74.6 cm³/mol. The summed E-state index contributed by atoms with van der Waals surface area (Å²) in [4.78, 5) is 16.8. The molecule has 1 aromatic rings. The Morgan fingerprint density at radius 1 is 1.45 bits per heavy atom. The van der Waals surface area contributed by atoms with Crippen molar-refractivity contribution in [3.05, 3.63) is 24.2 Å². The van der Waals surface area contributed by atoms with E-state index >= 15 is 0 Å². The van der Waals surface area contributed by atoms with Gasteiger partial charge < -0.3 is 14.1 Å². The van der Waals surface area contributed by atoms with E-state index in [1.54, 1.807) is 25.5 Å². The molecule has 2 atom stereocenters. The molecule has 1 aromatic heterocycles. The zero-order chi connectivity index (χ0) is 13.9. The van der Waals surface area contributed by atoms with Crippen LogP contribution >= 0.6 is 0 Å². The third kappa shape index (κ3) is 2.60. The summed E-state index contributed by atoms with van der Waals surface area (Å²) >= 11 is 0. The molecule has 0 radical (unpaired) electrons. The molecule has 2 fully saturated rings. The molecule has 0 saturated carbocycles. The van der Waals surface area contributed by atoms with E-state index in [0.717, 1.165) is 39.2 Å². The lowest BCUT2D eigenvalue weighted by Gasteiger charge is -2.37. The molecule has 0 aliphatic carbocycles. The number of furan rings is 1. The molecule has 1 amide bonds. The fourth-order valence-corrected chi connectivity index (χ4v) is 3.51. The highest BCUT2D eigenvalue weighted by Gasteiger charge is 2.39. The Morgan fingerprint density at radius 2 is 2.35 bits per heavy atom. The average Bonchev–Trinajstić information content (AvgIpc) is 3.13. The van der Waals surface area contributed by atoms with Crippen LogP contribution in [0.4, 0.5) is 0 Å². The Kier molecular flexibility index (Phi) is 4.08. The van der Waals surface area contributed by atoms with E-state index in [4.69, 9.17) is 9.15 Å². The molecule has 0 unspecified atom stereocenters. The van der Waals surface area contributed by atoms with Gasteiger partial charge in [-0.2, -0.15) is 0 Å². The number of carbonyl (C=O) groups excluding carboxylic acids is 1. The van der Waals surface area contributed by atoms with Gasteiger partial charge in [0.05, 0.1) is 12.9 Å². The summed E-state index contributed by atoms with van der Waals surface area (Å²) in [6.07, 6.45) is 3.79. The molecular weight excluding hydrogens is 256 g/mol. The molecule has 5 nitrogen and oxygen atoms in total. The maximum Gasteiger partial charge on any atom is 0.289 e. The van der Waals surface area contributed by atoms with E-state index in [0.29, 0.717) is 17.7 Å². The van der Waals surface area contributed by atoms with Crippen LogP contribution in [0.5, 0.6) is 0 Å². The van der Waals surface area contributed by atoms with Gasteiger partial charge in [0, 0.05) is 32.8 Å². The van der Waals surface area contributed by atoms with Crippen LogP contribution in [0.25, 0.3) is 0 Å². The molecule has 0 bridgehead atoms. The van der Waals surface area contributed by atoms with Crippen molar-refractivity contribution in [1.29, 1.82) is 0 Å². The summed E-state index contributed by atoms with van der Waals surface area (Å²) in [5.41, 5.74) is 0. The van der Waals surface area contributed by atoms with Gasteiger partial charge in [-0.1, -0.05) is 0 Å². The second-order valence-electron chi connectivity index (χ2n) is 5.66. The Hall–Kier alpha value is -1.33. The lowest BCUT2D eigenvalue weighted by molar-refractivity contribution is 0.0539. The van der Waals surface area contributed by atoms with Crippen molar-refractivity contribution in [1.82, 2.24) is 9.80 Å². The quantitative estimate of drug-likeness (QED) is 0.836. The van der Waals surface area contributed by atoms with Crippen LogP contribution in [0.2, 0.25) is 0 Å². The number of rotatable bonds is 4. The van der Waals surface area contributed by atoms with Gasteiger partial charge in [0.25, 0.3) is 5.91 Å². The lowest BCUT2D eigenvalue weighted by atomic mass is 9.92. The minimum absolute atomic E-state index is 0.0313. The lowest BCUT2D eigenvalue weighted by Crippen LogP contribution is -2.48. The maximum absolute atomic E-state index is 12.3. The van der Waals surface area contributed by atoms with Gasteiger partial charge in [0.15, 0.2) is 5.76 Å². The van der Waals surface area contributed by atoms with Gasteiger partial charge in [-0.3, -0.25) is 9.69 Å². The standard InChI is InChI=1S/C15H22N2O3/c1-19-10-8-16-6-4-12-11-17(7-5-13(12)16)15(18)14-3-2-9-20-14/h2-3,9,12-13H,4-8,10-11H2,1H3/t12-,13+/m0/s1. The zero-order valence-corrected chi connectivity index (χ0v) is 12.0. The highest BCUT2D eigenvalue weighted by atomic mass is 16.5. The molecule has 20 heavy (non-hydrogen) atoms. The van der Waals surface area contributed by atoms with Crippen molar-refractivity contribution < 1.29 is 13.9 Å². The molecule has 3 rings (SSSR count). The van der Waals surface area contributed by atoms with Crippen LogP contribution in [0, 0.1) is 5.92 Å². The van der Waals surface area contributed by atoms with Gasteiger partial charge in [0.2, 0.25) is 0 Å². The first-order chi connectivity index (χ1) is 9.79. The second-order valence-corrected chi connectivity index (χ2v) is 5.66. The number of ether oxygens (including phenoxy) is 1. The Balaban J connectivity index is 1.59. The van der Waals surface area contributed by atoms with E-state index in [1.807, 2.05) is 4.90 Å². The number of nitrogens with zero attached hydrogens (tertiary/aromatic N) is 2. The van der Waals surface area contributed by atoms with E-state index in [1.165, 1.54) is 6.42 Å². The summed E-state index contributed by atoms with van der Waals surface area (Å²) in [6.45, 7) is 4.60. The van der Waals surface area contributed by atoms with Crippen molar-refractivity contribution >= 4 is 5.91 Å². The first-order valence-electron chi connectivity index (χ1n) is 7.35. The van der Waals surface area contributed by atoms with Crippen LogP contribution in [-0.2, 0) is 4.74 Å². The zero-order valence-electron chi connectivity index (χ0n) is 12.0. The molecule has 110 valence electrons. The van der Waals surface area contributed by atoms with Crippen molar-refractivity contribution in [2.45, 2.75) is 18.9 Å². The predicted octanol–water partition coefficient (Wildman–Crippen LogP) is 1.46. The largest absolute Gasteiger partial charge is 0.459 e. The van der Waals surface area contributed by atoms with E-state index < -0.39 is 0 Å². The van der Waals surface area contributed by atoms with E-state index in [2.05, 4.69) is 4.90 Å². The summed E-state index contributed by atoms with van der Waals surface area (Å²) in [5, 5.41) is 0. The monoisotopic (exact) mass is 278 g/mol. The number of amides is 1. The smallest absolute Gasteiger partial charge is 0.289 e. The van der Waals surface area contributed by atoms with Crippen molar-refractivity contribution in [2.24, 2.45) is 5.92 Å². The number of likely N-dealkylation sites (tertiary alicyclic amines) is 2. The molecular formula is C15H22N2O3. The van der Waals surface area contributed by atoms with Crippen LogP contribution < -0.4 is 0 Å². The number of carbonyl (C=O) groups is 1. The van der Waals surface area contributed by atoms with Crippen LogP contribution in [-0.4, -0.2) is 61.6 Å². The first kappa shape index (κ1) is 13.6. The van der Waals surface area contributed by atoms with Crippen LogP contribution in [0.3, 0.4) is 0 Å². The summed E-state index contributed by atoms with van der Waals surface area (Å²) in [5.74, 6) is 1.08. The molecule has 3 heterocycles. The Labute approximate surface area is 119 Å². The van der Waals surface area contributed by atoms with Crippen molar-refractivity contribution in [2.75, 3.05) is 39.9 Å². The molecule has 2 aliphatic heterocycles. The maximum atomic E-state index is 12.3. The molecule has 2 aliphatic rings. The number of hydrogen-bond acceptors (Lipinski definition) is 4. The number of fused-ring (bicyclic) bond motifs is 1. The van der Waals surface area contributed by atoms with Gasteiger partial charge >= 0.3 is 0 Å². The van der Waals surface area contributed by atoms with Gasteiger partial charge in [-0.15, -0.1) is 0 Å². The minimum atomic E-state index is 0.0313. The van der Waals surface area contributed by atoms with Crippen molar-refractivity contribution in [3.8, 4) is 0 Å². The fraction of sp³-hybridized carbons (Fsp3) is 0.667. The molecule has 0 spiro atoms. The minimum Gasteiger partial charge on any atom is -0.459 e. The van der Waals surface area contributed by atoms with Gasteiger partial charge in [0.1, 0.15) is 0 Å². The SMILES string of the molecule is COCCN1CC[C@H]2CN(C(=O)c3ccco3)CC[C@H]21. The highest BCUT2D eigenvalue weighted by Crippen LogP contribution is 2.31. The topological polar surface area (TPSA) is 45.9 Å². The number of methoxy groups -OCH3 is 1. The third-order valence-corrected chi connectivity index (χ3v) is 4.55. The average molecular weight is 278 g/mol. The van der Waals surface area contributed by atoms with Gasteiger partial charge in [-0.05, 0) is 37.4 Å². The van der Waals surface area contributed by atoms with Crippen LogP contribution in [0.1, 0.15) is 23.4 Å². The van der Waals surface area contributed by atoms with Gasteiger partial charge in [-0.25, -0.2) is 0 Å². The second kappa shape index (κ2) is 5.97.